The number of imidazole rings is 1. The highest BCUT2D eigenvalue weighted by Gasteiger charge is 2.25. The lowest BCUT2D eigenvalue weighted by molar-refractivity contribution is 0.305. The molecule has 0 spiro atoms. The van der Waals surface area contributed by atoms with Crippen molar-refractivity contribution in [3.63, 3.8) is 0 Å². The van der Waals surface area contributed by atoms with Crippen LogP contribution in [0.3, 0.4) is 0 Å². The number of hydrogen-bond acceptors (Lipinski definition) is 2. The monoisotopic (exact) mass is 201 g/mol. The van der Waals surface area contributed by atoms with E-state index in [-0.39, 0.29) is 0 Å². The SMILES string of the molecule is CN1CCCC1c1ncc2ccccn12. The fourth-order valence-electron chi connectivity index (χ4n) is 2.45. The number of fused-ring (bicyclic) bond motifs is 1. The molecule has 3 rings (SSSR count). The van der Waals surface area contributed by atoms with Gasteiger partial charge in [-0.2, -0.15) is 0 Å². The highest BCUT2D eigenvalue weighted by molar-refractivity contribution is 5.45. The first kappa shape index (κ1) is 8.92. The highest BCUT2D eigenvalue weighted by Crippen LogP contribution is 2.29. The van der Waals surface area contributed by atoms with Crippen molar-refractivity contribution in [2.75, 3.05) is 13.6 Å². The number of aromatic nitrogens is 2. The lowest BCUT2D eigenvalue weighted by Crippen LogP contribution is -2.19. The summed E-state index contributed by atoms with van der Waals surface area (Å²) < 4.78 is 2.20. The second-order valence-corrected chi connectivity index (χ2v) is 4.25. The van der Waals surface area contributed by atoms with Gasteiger partial charge < -0.3 is 4.40 Å². The van der Waals surface area contributed by atoms with E-state index in [1.165, 1.54) is 30.7 Å². The Morgan fingerprint density at radius 3 is 3.13 bits per heavy atom. The maximum Gasteiger partial charge on any atom is 0.130 e. The van der Waals surface area contributed by atoms with E-state index in [4.69, 9.17) is 0 Å². The van der Waals surface area contributed by atoms with Crippen LogP contribution in [0.5, 0.6) is 0 Å². The molecule has 2 aromatic rings. The quantitative estimate of drug-likeness (QED) is 0.704. The molecule has 3 nitrogen and oxygen atoms in total. The number of rotatable bonds is 1. The molecule has 78 valence electrons. The first-order chi connectivity index (χ1) is 7.36. The zero-order valence-corrected chi connectivity index (χ0v) is 8.93. The molecular formula is C12H15N3. The summed E-state index contributed by atoms with van der Waals surface area (Å²) in [4.78, 5) is 6.94. The highest BCUT2D eigenvalue weighted by atomic mass is 15.2. The van der Waals surface area contributed by atoms with Crippen molar-refractivity contribution in [3.8, 4) is 0 Å². The van der Waals surface area contributed by atoms with E-state index in [0.717, 1.165) is 0 Å². The van der Waals surface area contributed by atoms with Crippen molar-refractivity contribution in [1.29, 1.82) is 0 Å². The summed E-state index contributed by atoms with van der Waals surface area (Å²) in [5.41, 5.74) is 1.19. The van der Waals surface area contributed by atoms with E-state index < -0.39 is 0 Å². The maximum atomic E-state index is 4.55. The normalized spacial score (nSPS) is 22.6. The van der Waals surface area contributed by atoms with E-state index in [9.17, 15) is 0 Å². The minimum atomic E-state index is 0.495. The van der Waals surface area contributed by atoms with E-state index >= 15 is 0 Å². The fourth-order valence-corrected chi connectivity index (χ4v) is 2.45. The van der Waals surface area contributed by atoms with Gasteiger partial charge in [-0.3, -0.25) is 4.90 Å². The van der Waals surface area contributed by atoms with Gasteiger partial charge in [-0.05, 0) is 38.6 Å². The molecule has 1 aliphatic rings. The van der Waals surface area contributed by atoms with Crippen molar-refractivity contribution in [1.82, 2.24) is 14.3 Å². The maximum absolute atomic E-state index is 4.55. The molecule has 0 bridgehead atoms. The Morgan fingerprint density at radius 1 is 1.40 bits per heavy atom. The molecule has 3 heterocycles. The van der Waals surface area contributed by atoms with Crippen molar-refractivity contribution in [2.45, 2.75) is 18.9 Å². The van der Waals surface area contributed by atoms with E-state index in [1.54, 1.807) is 0 Å². The number of nitrogens with zero attached hydrogens (tertiary/aromatic N) is 3. The van der Waals surface area contributed by atoms with Crippen LogP contribution in [0.2, 0.25) is 0 Å². The van der Waals surface area contributed by atoms with Crippen LogP contribution in [0.1, 0.15) is 24.7 Å². The Hall–Kier alpha value is -1.35. The van der Waals surface area contributed by atoms with E-state index in [2.05, 4.69) is 45.7 Å². The molecule has 0 amide bonds. The number of pyridine rings is 1. The van der Waals surface area contributed by atoms with Gasteiger partial charge in [-0.25, -0.2) is 4.98 Å². The third-order valence-electron chi connectivity index (χ3n) is 3.29. The Kier molecular flexibility index (Phi) is 1.99. The predicted octanol–water partition coefficient (Wildman–Crippen LogP) is 2.10. The third-order valence-corrected chi connectivity index (χ3v) is 3.29. The van der Waals surface area contributed by atoms with Gasteiger partial charge in [0.25, 0.3) is 0 Å². The molecule has 0 saturated carbocycles. The van der Waals surface area contributed by atoms with E-state index in [1.807, 2.05) is 6.20 Å². The zero-order chi connectivity index (χ0) is 10.3. The van der Waals surface area contributed by atoms with Crippen LogP contribution in [-0.4, -0.2) is 27.9 Å². The smallest absolute Gasteiger partial charge is 0.130 e. The van der Waals surface area contributed by atoms with Gasteiger partial charge in [0.2, 0.25) is 0 Å². The van der Waals surface area contributed by atoms with Crippen LogP contribution >= 0.6 is 0 Å². The Morgan fingerprint density at radius 2 is 2.33 bits per heavy atom. The molecule has 0 aliphatic carbocycles. The van der Waals surface area contributed by atoms with Gasteiger partial charge in [0.15, 0.2) is 0 Å². The van der Waals surface area contributed by atoms with Crippen LogP contribution in [0.15, 0.2) is 30.6 Å². The number of likely N-dealkylation sites (tertiary alicyclic amines) is 1. The standard InChI is InChI=1S/C12H15N3/c1-14-7-4-6-11(14)12-13-9-10-5-2-3-8-15(10)12/h2-3,5,8-9,11H,4,6-7H2,1H3. The van der Waals surface area contributed by atoms with Crippen molar-refractivity contribution in [2.24, 2.45) is 0 Å². The summed E-state index contributed by atoms with van der Waals surface area (Å²) in [6.45, 7) is 1.19. The first-order valence-corrected chi connectivity index (χ1v) is 5.48. The Bertz CT molecular complexity index is 474. The molecule has 0 radical (unpaired) electrons. The van der Waals surface area contributed by atoms with Gasteiger partial charge in [0.1, 0.15) is 5.82 Å². The Balaban J connectivity index is 2.10. The van der Waals surface area contributed by atoms with Crippen molar-refractivity contribution in [3.05, 3.63) is 36.4 Å². The van der Waals surface area contributed by atoms with E-state index in [0.29, 0.717) is 6.04 Å². The molecule has 3 heteroatoms. The summed E-state index contributed by atoms with van der Waals surface area (Å²) in [6, 6.07) is 6.72. The van der Waals surface area contributed by atoms with Gasteiger partial charge in [0.05, 0.1) is 17.8 Å². The molecule has 1 fully saturated rings. The molecule has 15 heavy (non-hydrogen) atoms. The number of hydrogen-bond donors (Lipinski definition) is 0. The molecular weight excluding hydrogens is 186 g/mol. The van der Waals surface area contributed by atoms with Crippen LogP contribution in [0.25, 0.3) is 5.52 Å². The summed E-state index contributed by atoms with van der Waals surface area (Å²) in [5, 5.41) is 0. The molecule has 1 saturated heterocycles. The average Bonchev–Trinajstić information content (AvgIpc) is 2.83. The minimum absolute atomic E-state index is 0.495. The summed E-state index contributed by atoms with van der Waals surface area (Å²) in [5.74, 6) is 1.19. The summed E-state index contributed by atoms with van der Waals surface area (Å²) in [7, 11) is 2.18. The zero-order valence-electron chi connectivity index (χ0n) is 8.93. The first-order valence-electron chi connectivity index (χ1n) is 5.48. The average molecular weight is 201 g/mol. The molecule has 2 aromatic heterocycles. The Labute approximate surface area is 89.3 Å². The van der Waals surface area contributed by atoms with Crippen LogP contribution in [0.4, 0.5) is 0 Å². The van der Waals surface area contributed by atoms with Gasteiger partial charge in [0, 0.05) is 6.20 Å². The van der Waals surface area contributed by atoms with Crippen LogP contribution in [0, 0.1) is 0 Å². The van der Waals surface area contributed by atoms with Gasteiger partial charge in [-0.15, -0.1) is 0 Å². The molecule has 1 unspecified atom stereocenters. The second kappa shape index (κ2) is 3.35. The summed E-state index contributed by atoms with van der Waals surface area (Å²) in [6.07, 6.45) is 6.57. The minimum Gasteiger partial charge on any atom is -0.302 e. The van der Waals surface area contributed by atoms with Gasteiger partial charge >= 0.3 is 0 Å². The lowest BCUT2D eigenvalue weighted by atomic mass is 10.2. The van der Waals surface area contributed by atoms with Crippen molar-refractivity contribution >= 4 is 5.52 Å². The van der Waals surface area contributed by atoms with Crippen LogP contribution < -0.4 is 0 Å². The molecule has 1 atom stereocenters. The predicted molar refractivity (Wildman–Crippen MR) is 59.8 cm³/mol. The molecule has 0 aromatic carbocycles. The van der Waals surface area contributed by atoms with Gasteiger partial charge in [-0.1, -0.05) is 6.07 Å². The molecule has 1 aliphatic heterocycles. The largest absolute Gasteiger partial charge is 0.302 e. The fraction of sp³-hybridized carbons (Fsp3) is 0.417. The third kappa shape index (κ3) is 1.35. The lowest BCUT2D eigenvalue weighted by Gasteiger charge is -2.17. The topological polar surface area (TPSA) is 20.5 Å². The molecule has 0 N–H and O–H groups in total. The summed E-state index contributed by atoms with van der Waals surface area (Å²) >= 11 is 0. The van der Waals surface area contributed by atoms with Crippen molar-refractivity contribution < 1.29 is 0 Å². The second-order valence-electron chi connectivity index (χ2n) is 4.25. The van der Waals surface area contributed by atoms with Crippen LogP contribution in [-0.2, 0) is 0 Å².